The molecular weight excluding hydrogens is 298 g/mol. The molecule has 7 nitrogen and oxygen atoms in total. The number of nitrogens with one attached hydrogen (secondary N) is 1. The number of carbonyl (C=O) groups is 1. The van der Waals surface area contributed by atoms with Gasteiger partial charge in [0.15, 0.2) is 0 Å². The van der Waals surface area contributed by atoms with E-state index >= 15 is 0 Å². The molecule has 2 rings (SSSR count). The van der Waals surface area contributed by atoms with Crippen LogP contribution in [0.4, 0.5) is 5.69 Å². The molecule has 21 heavy (non-hydrogen) atoms. The van der Waals surface area contributed by atoms with E-state index in [9.17, 15) is 18.3 Å². The average molecular weight is 315 g/mol. The summed E-state index contributed by atoms with van der Waals surface area (Å²) in [5, 5.41) is 9.79. The highest BCUT2D eigenvalue weighted by molar-refractivity contribution is 7.92. The maximum absolute atomic E-state index is 12.1. The molecule has 1 saturated heterocycles. The number of hydrogen-bond donors (Lipinski definition) is 2. The fraction of sp³-hybridized carbons (Fsp3) is 0.462. The van der Waals surface area contributed by atoms with Gasteiger partial charge in [-0.1, -0.05) is 6.07 Å². The van der Waals surface area contributed by atoms with Crippen LogP contribution in [0.3, 0.4) is 0 Å². The van der Waals surface area contributed by atoms with Crippen LogP contribution in [0, 0.1) is 0 Å². The summed E-state index contributed by atoms with van der Waals surface area (Å²) >= 11 is 0. The van der Waals surface area contributed by atoms with E-state index in [4.69, 9.17) is 4.74 Å². The first kappa shape index (κ1) is 15.6. The van der Waals surface area contributed by atoms with Crippen LogP contribution in [0.5, 0.6) is 5.75 Å². The molecule has 8 heteroatoms. The average Bonchev–Trinajstić information content (AvgIpc) is 2.92. The van der Waals surface area contributed by atoms with Gasteiger partial charge in [-0.3, -0.25) is 4.72 Å². The highest BCUT2D eigenvalue weighted by atomic mass is 32.2. The lowest BCUT2D eigenvalue weighted by Gasteiger charge is -2.15. The molecule has 1 fully saturated rings. The lowest BCUT2D eigenvalue weighted by molar-refractivity contribution is 0.0601. The Morgan fingerprint density at radius 1 is 1.52 bits per heavy atom. The number of rotatable bonds is 5. The van der Waals surface area contributed by atoms with Gasteiger partial charge in [0.2, 0.25) is 10.0 Å². The number of phenols is 1. The minimum absolute atomic E-state index is 0.0478. The fourth-order valence-electron chi connectivity index (χ4n) is 2.15. The maximum atomic E-state index is 12.1. The van der Waals surface area contributed by atoms with Gasteiger partial charge in [0.05, 0.1) is 24.5 Å². The molecule has 1 aromatic rings. The fourth-order valence-corrected chi connectivity index (χ4v) is 3.51. The van der Waals surface area contributed by atoms with Gasteiger partial charge in [-0.15, -0.1) is 0 Å². The maximum Gasteiger partial charge on any atom is 0.340 e. The smallest absolute Gasteiger partial charge is 0.340 e. The van der Waals surface area contributed by atoms with Gasteiger partial charge in [-0.2, -0.15) is 0 Å². The van der Waals surface area contributed by atoms with E-state index in [1.54, 1.807) is 0 Å². The number of ether oxygens (including phenoxy) is 2. The van der Waals surface area contributed by atoms with E-state index in [0.29, 0.717) is 13.0 Å². The molecule has 1 unspecified atom stereocenters. The monoisotopic (exact) mass is 315 g/mol. The highest BCUT2D eigenvalue weighted by Gasteiger charge is 2.26. The number of aromatic hydroxyl groups is 1. The Morgan fingerprint density at radius 3 is 2.90 bits per heavy atom. The van der Waals surface area contributed by atoms with Crippen molar-refractivity contribution in [2.75, 3.05) is 24.2 Å². The largest absolute Gasteiger partial charge is 0.506 e. The Bertz CT molecular complexity index is 622. The van der Waals surface area contributed by atoms with Gasteiger partial charge in [0.1, 0.15) is 11.4 Å². The molecule has 1 aromatic carbocycles. The molecule has 1 aliphatic heterocycles. The highest BCUT2D eigenvalue weighted by Crippen LogP contribution is 2.29. The number of carbonyl (C=O) groups excluding carboxylic acids is 1. The second-order valence-corrected chi connectivity index (χ2v) is 6.48. The summed E-state index contributed by atoms with van der Waals surface area (Å²) in [4.78, 5) is 11.6. The summed E-state index contributed by atoms with van der Waals surface area (Å²) in [7, 11) is -2.57. The van der Waals surface area contributed by atoms with Crippen LogP contribution in [0.1, 0.15) is 23.2 Å². The third kappa shape index (κ3) is 3.85. The second kappa shape index (κ2) is 6.31. The molecule has 1 heterocycles. The van der Waals surface area contributed by atoms with Crippen molar-refractivity contribution in [3.8, 4) is 5.75 Å². The SMILES string of the molecule is COC(=O)c1cccc(O)c1NS(=O)(=O)CC1CCCO1. The second-order valence-electron chi connectivity index (χ2n) is 4.71. The molecule has 1 atom stereocenters. The van der Waals surface area contributed by atoms with E-state index < -0.39 is 16.0 Å². The van der Waals surface area contributed by atoms with Crippen LogP contribution < -0.4 is 4.72 Å². The molecule has 0 aliphatic carbocycles. The normalized spacial score (nSPS) is 18.4. The zero-order valence-corrected chi connectivity index (χ0v) is 12.4. The Hall–Kier alpha value is -1.80. The van der Waals surface area contributed by atoms with Crippen LogP contribution in [-0.4, -0.2) is 45.1 Å². The lowest BCUT2D eigenvalue weighted by Crippen LogP contribution is -2.26. The molecule has 1 aliphatic rings. The van der Waals surface area contributed by atoms with Crippen LogP contribution in [-0.2, 0) is 19.5 Å². The van der Waals surface area contributed by atoms with E-state index in [1.807, 2.05) is 0 Å². The van der Waals surface area contributed by atoms with Crippen LogP contribution in [0.2, 0.25) is 0 Å². The summed E-state index contributed by atoms with van der Waals surface area (Å²) in [5.41, 5.74) is -0.226. The van der Waals surface area contributed by atoms with E-state index in [-0.39, 0.29) is 28.9 Å². The van der Waals surface area contributed by atoms with Crippen molar-refractivity contribution in [2.45, 2.75) is 18.9 Å². The third-order valence-corrected chi connectivity index (χ3v) is 4.46. The lowest BCUT2D eigenvalue weighted by atomic mass is 10.1. The van der Waals surface area contributed by atoms with Crippen molar-refractivity contribution in [3.63, 3.8) is 0 Å². The van der Waals surface area contributed by atoms with E-state index in [0.717, 1.165) is 6.42 Å². The first-order valence-corrected chi connectivity index (χ1v) is 8.10. The van der Waals surface area contributed by atoms with Crippen LogP contribution in [0.15, 0.2) is 18.2 Å². The molecule has 0 aromatic heterocycles. The van der Waals surface area contributed by atoms with Crippen molar-refractivity contribution < 1.29 is 27.8 Å². The molecule has 2 N–H and O–H groups in total. The predicted octanol–water partition coefficient (Wildman–Crippen LogP) is 1.10. The number of esters is 1. The Kier molecular flexibility index (Phi) is 4.69. The zero-order chi connectivity index (χ0) is 15.5. The van der Waals surface area contributed by atoms with Crippen molar-refractivity contribution in [1.29, 1.82) is 0 Å². The van der Waals surface area contributed by atoms with E-state index in [2.05, 4.69) is 9.46 Å². The van der Waals surface area contributed by atoms with Crippen molar-refractivity contribution in [3.05, 3.63) is 23.8 Å². The van der Waals surface area contributed by atoms with Crippen LogP contribution >= 0.6 is 0 Å². The Balaban J connectivity index is 2.23. The number of para-hydroxylation sites is 1. The van der Waals surface area contributed by atoms with Gasteiger partial charge in [0, 0.05) is 6.61 Å². The van der Waals surface area contributed by atoms with Gasteiger partial charge >= 0.3 is 5.97 Å². The first-order valence-electron chi connectivity index (χ1n) is 6.45. The van der Waals surface area contributed by atoms with Crippen LogP contribution in [0.25, 0.3) is 0 Å². The number of methoxy groups -OCH3 is 1. The minimum Gasteiger partial charge on any atom is -0.506 e. The molecule has 0 saturated carbocycles. The van der Waals surface area contributed by atoms with Crippen molar-refractivity contribution in [1.82, 2.24) is 0 Å². The van der Waals surface area contributed by atoms with E-state index in [1.165, 1.54) is 25.3 Å². The summed E-state index contributed by atoms with van der Waals surface area (Å²) in [6.45, 7) is 0.546. The third-order valence-electron chi connectivity index (χ3n) is 3.13. The molecular formula is C13H17NO6S. The van der Waals surface area contributed by atoms with Crippen molar-refractivity contribution in [2.24, 2.45) is 0 Å². The number of anilines is 1. The molecule has 116 valence electrons. The topological polar surface area (TPSA) is 102 Å². The standard InChI is InChI=1S/C13H17NO6S/c1-19-13(16)10-5-2-6-11(15)12(10)14-21(17,18)8-9-4-3-7-20-9/h2,5-6,9,14-15H,3-4,7-8H2,1H3. The Labute approximate surface area is 122 Å². The summed E-state index contributed by atoms with van der Waals surface area (Å²) in [5.74, 6) is -1.29. The molecule has 0 bridgehead atoms. The number of sulfonamides is 1. The zero-order valence-electron chi connectivity index (χ0n) is 11.5. The van der Waals surface area contributed by atoms with Gasteiger partial charge in [0.25, 0.3) is 0 Å². The van der Waals surface area contributed by atoms with Gasteiger partial charge in [-0.25, -0.2) is 13.2 Å². The Morgan fingerprint density at radius 2 is 2.29 bits per heavy atom. The quantitative estimate of drug-likeness (QED) is 0.623. The summed E-state index contributed by atoms with van der Waals surface area (Å²) in [6.07, 6.45) is 1.13. The number of benzene rings is 1. The number of hydrogen-bond acceptors (Lipinski definition) is 6. The van der Waals surface area contributed by atoms with Gasteiger partial charge < -0.3 is 14.6 Å². The molecule has 0 amide bonds. The number of phenolic OH excluding ortho intramolecular Hbond substituents is 1. The van der Waals surface area contributed by atoms with Gasteiger partial charge in [-0.05, 0) is 25.0 Å². The predicted molar refractivity (Wildman–Crippen MR) is 75.8 cm³/mol. The molecule has 0 spiro atoms. The summed E-state index contributed by atoms with van der Waals surface area (Å²) < 4.78 is 36.3. The van der Waals surface area contributed by atoms with Crippen molar-refractivity contribution >= 4 is 21.7 Å². The first-order chi connectivity index (χ1) is 9.93. The molecule has 0 radical (unpaired) electrons. The summed E-state index contributed by atoms with van der Waals surface area (Å²) in [6, 6.07) is 4.09. The minimum atomic E-state index is -3.75.